The van der Waals surface area contributed by atoms with E-state index in [1.165, 1.54) is 150 Å². The molecule has 0 saturated heterocycles. The molecule has 0 aromatic heterocycles. The molecule has 112 heavy (non-hydrogen) atoms. The number of carboxylic acids is 9. The van der Waals surface area contributed by atoms with Gasteiger partial charge in [-0.2, -0.15) is 0 Å². The molecule has 9 aromatic rings. The Morgan fingerprint density at radius 3 is 0.911 bits per heavy atom. The highest BCUT2D eigenvalue weighted by atomic mass is 16.5. The summed E-state index contributed by atoms with van der Waals surface area (Å²) in [6.45, 7) is 3.33. The molecule has 0 aliphatic carbocycles. The van der Waals surface area contributed by atoms with Crippen molar-refractivity contribution < 1.29 is 174 Å². The molecule has 0 fully saturated rings. The Balaban J connectivity index is 0.000000631. The Bertz CT molecular complexity index is 4840. The van der Waals surface area contributed by atoms with E-state index in [1.54, 1.807) is 50.2 Å². The lowest BCUT2D eigenvalue weighted by Gasteiger charge is -2.07. The first-order chi connectivity index (χ1) is 52.5. The second-order valence-electron chi connectivity index (χ2n) is 21.2. The third-order valence-electron chi connectivity index (χ3n) is 13.1. The molecule has 0 saturated carbocycles. The summed E-state index contributed by atoms with van der Waals surface area (Å²) < 4.78 is 19.3. The standard InChI is InChI=1S/C11H12O4.C10H10O4.C9H10O4.C9H8O4.C9H8O3.C8H8O4.C7H6O5.C7H6O4.C7H6O3/c1-7-5-8(3-4-10(12)13)6-9(15-2)11(7)14;1-14-9-6-7(2-4-8(9)11)3-5-10(12)13;1-5-3-6(9(11)12)4-7(13-2)8(5)10;10-7-3-1-6(5-8(7)11)2-4-9(12)13;10-8-4-1-7(2-5-8)3-6-9(11)12;1-12-7-4-5(8(10)11)2-3-6(7)9;8-4-1-3(7(11)12)2-5(9)6(4)10;8-5-2-1-4(7(10)11)3-6(5)9;8-6-3-1-5(2-4-6)7(9)10/h3-6,14H,1-2H3,(H,12,13);2-6,11H,1H3,(H,12,13);3-4,10H,1-2H3,(H,11,12);1-5,10-11H,(H,12,13);1-6,10H,(H,11,12);2-4,9H,1H3,(H,10,11);1-2,8-10H,(H,11,12);1-3,8-9H,(H,10,11);1-4,8H,(H,9,10)/b4-3+;5-3+;;4-2+;6-3+;;;;. The molecule has 0 aliphatic heterocycles. The summed E-state index contributed by atoms with van der Waals surface area (Å²) in [6, 6.07) is 35.0. The molecule has 0 atom stereocenters. The monoisotopic (exact) mass is 1560 g/mol. The molecule has 9 rings (SSSR count). The number of aromatic carboxylic acids is 5. The van der Waals surface area contributed by atoms with Gasteiger partial charge in [0.1, 0.15) is 11.5 Å². The van der Waals surface area contributed by atoms with E-state index in [4.69, 9.17) is 116 Å². The Morgan fingerprint density at radius 2 is 0.518 bits per heavy atom. The fourth-order valence-corrected chi connectivity index (χ4v) is 7.55. The topological polar surface area (TPSA) is 636 Å². The molecule has 22 N–H and O–H groups in total. The molecule has 9 aromatic carbocycles. The zero-order valence-corrected chi connectivity index (χ0v) is 59.3. The molecule has 35 heteroatoms. The molecule has 0 unspecified atom stereocenters. The van der Waals surface area contributed by atoms with Gasteiger partial charge >= 0.3 is 53.7 Å². The zero-order valence-electron chi connectivity index (χ0n) is 59.3. The Morgan fingerprint density at radius 1 is 0.241 bits per heavy atom. The van der Waals surface area contributed by atoms with Crippen LogP contribution in [0.2, 0.25) is 0 Å². The van der Waals surface area contributed by atoms with Gasteiger partial charge in [0.2, 0.25) is 0 Å². The normalized spacial score (nSPS) is 9.95. The van der Waals surface area contributed by atoms with E-state index in [2.05, 4.69) is 0 Å². The number of carbonyl (C=O) groups is 9. The van der Waals surface area contributed by atoms with Crippen molar-refractivity contribution in [3.8, 4) is 97.7 Å². The van der Waals surface area contributed by atoms with Crippen molar-refractivity contribution in [1.29, 1.82) is 0 Å². The number of benzene rings is 9. The van der Waals surface area contributed by atoms with Gasteiger partial charge in [-0.15, -0.1) is 0 Å². The van der Waals surface area contributed by atoms with Gasteiger partial charge < -0.3 is 131 Å². The van der Waals surface area contributed by atoms with Crippen LogP contribution in [0.1, 0.15) is 85.2 Å². The Hall–Kier alpha value is -16.2. The van der Waals surface area contributed by atoms with Crippen molar-refractivity contribution in [1.82, 2.24) is 0 Å². The highest BCUT2D eigenvalue weighted by molar-refractivity contribution is 5.92. The molecular formula is C77H74O35. The van der Waals surface area contributed by atoms with Gasteiger partial charge in [0.25, 0.3) is 0 Å². The maximum atomic E-state index is 10.6. The summed E-state index contributed by atoms with van der Waals surface area (Å²) >= 11 is 0. The number of hydrogen-bond acceptors (Lipinski definition) is 26. The van der Waals surface area contributed by atoms with Gasteiger partial charge in [-0.1, -0.05) is 24.3 Å². The SMILES string of the molecule is COc1cc(/C=C/C(=O)O)cc(C)c1O.COc1cc(/C=C/C(=O)O)ccc1O.COc1cc(C(=O)O)cc(C)c1O.COc1cc(C(=O)O)ccc1O.O=C(O)/C=C/c1ccc(O)c(O)c1.O=C(O)/C=C/c1ccc(O)cc1.O=C(O)c1cc(O)c(O)c(O)c1.O=C(O)c1ccc(O)c(O)c1.O=C(O)c1ccc(O)cc1. The predicted molar refractivity (Wildman–Crippen MR) is 397 cm³/mol. The molecule has 0 amide bonds. The summed E-state index contributed by atoms with van der Waals surface area (Å²) in [5, 5.41) is 193. The van der Waals surface area contributed by atoms with Crippen LogP contribution in [0.5, 0.6) is 97.7 Å². The van der Waals surface area contributed by atoms with Crippen LogP contribution in [0.25, 0.3) is 24.3 Å². The number of aryl methyl sites for hydroxylation is 2. The van der Waals surface area contributed by atoms with Crippen molar-refractivity contribution in [2.75, 3.05) is 28.4 Å². The van der Waals surface area contributed by atoms with Crippen LogP contribution >= 0.6 is 0 Å². The highest BCUT2D eigenvalue weighted by Crippen LogP contribution is 2.36. The first kappa shape index (κ1) is 93.8. The van der Waals surface area contributed by atoms with E-state index in [1.807, 2.05) is 0 Å². The number of methoxy groups -OCH3 is 4. The van der Waals surface area contributed by atoms with Crippen LogP contribution in [0.15, 0.2) is 182 Å². The average Bonchev–Trinajstić information content (AvgIpc) is 0.867. The number of aliphatic carboxylic acids is 4. The van der Waals surface area contributed by atoms with Crippen molar-refractivity contribution >= 4 is 78.0 Å². The molecule has 0 radical (unpaired) electrons. The summed E-state index contributed by atoms with van der Waals surface area (Å²) in [5.74, 6) is -11.6. The van der Waals surface area contributed by atoms with Gasteiger partial charge in [-0.3, -0.25) is 0 Å². The molecule has 592 valence electrons. The second-order valence-corrected chi connectivity index (χ2v) is 21.2. The minimum absolute atomic E-state index is 0.0208. The quantitative estimate of drug-likeness (QED) is 0.0297. The van der Waals surface area contributed by atoms with E-state index < -0.39 is 76.7 Å². The molecule has 0 heterocycles. The number of hydrogen-bond donors (Lipinski definition) is 22. The van der Waals surface area contributed by atoms with Crippen molar-refractivity contribution in [2.24, 2.45) is 0 Å². The summed E-state index contributed by atoms with van der Waals surface area (Å²) in [7, 11) is 5.61. The van der Waals surface area contributed by atoms with Crippen LogP contribution in [-0.2, 0) is 19.2 Å². The van der Waals surface area contributed by atoms with Gasteiger partial charge in [0.05, 0.1) is 56.3 Å². The second kappa shape index (κ2) is 47.3. The van der Waals surface area contributed by atoms with Gasteiger partial charge in [-0.05, 0) is 205 Å². The first-order valence-electron chi connectivity index (χ1n) is 30.7. The van der Waals surface area contributed by atoms with Gasteiger partial charge in [0.15, 0.2) is 86.2 Å². The molecule has 0 bridgehead atoms. The number of phenolic OH excluding ortho intramolecular Hbond substituents is 13. The van der Waals surface area contributed by atoms with Crippen LogP contribution < -0.4 is 18.9 Å². The van der Waals surface area contributed by atoms with Gasteiger partial charge in [-0.25, -0.2) is 43.2 Å². The third-order valence-corrected chi connectivity index (χ3v) is 13.1. The molecule has 0 spiro atoms. The van der Waals surface area contributed by atoms with E-state index in [0.717, 1.165) is 54.1 Å². The number of ether oxygens (including phenoxy) is 4. The maximum absolute atomic E-state index is 10.6. The number of carboxylic acid groups (broad SMARTS) is 9. The largest absolute Gasteiger partial charge is 0.508 e. The minimum Gasteiger partial charge on any atom is -0.508 e. The average molecular weight is 1560 g/mol. The van der Waals surface area contributed by atoms with E-state index in [0.29, 0.717) is 39.3 Å². The minimum atomic E-state index is -1.29. The maximum Gasteiger partial charge on any atom is 0.335 e. The Labute approximate surface area is 633 Å². The summed E-state index contributed by atoms with van der Waals surface area (Å²) in [5.41, 5.74) is 3.73. The van der Waals surface area contributed by atoms with Crippen molar-refractivity contribution in [3.05, 3.63) is 243 Å². The molecule has 0 aliphatic rings. The third kappa shape index (κ3) is 35.0. The lowest BCUT2D eigenvalue weighted by Crippen LogP contribution is -1.98. The molecular weight excluding hydrogens is 1480 g/mol. The fraction of sp³-hybridized carbons (Fsp3) is 0.0779. The lowest BCUT2D eigenvalue weighted by molar-refractivity contribution is -0.132. The van der Waals surface area contributed by atoms with Crippen molar-refractivity contribution in [2.45, 2.75) is 13.8 Å². The fourth-order valence-electron chi connectivity index (χ4n) is 7.55. The predicted octanol–water partition coefficient (Wildman–Crippen LogP) is 10.9. The van der Waals surface area contributed by atoms with Crippen molar-refractivity contribution in [3.63, 3.8) is 0 Å². The van der Waals surface area contributed by atoms with Crippen LogP contribution in [0.3, 0.4) is 0 Å². The lowest BCUT2D eigenvalue weighted by atomic mass is 10.1. The highest BCUT2D eigenvalue weighted by Gasteiger charge is 2.14. The van der Waals surface area contributed by atoms with Crippen LogP contribution in [-0.4, -0.2) is 195 Å². The number of aromatic hydroxyl groups is 13. The number of phenols is 13. The first-order valence-corrected chi connectivity index (χ1v) is 30.7. The summed E-state index contributed by atoms with van der Waals surface area (Å²) in [6.07, 6.45) is 9.69. The van der Waals surface area contributed by atoms with Crippen LogP contribution in [0, 0.1) is 13.8 Å². The smallest absolute Gasteiger partial charge is 0.335 e. The van der Waals surface area contributed by atoms with E-state index >= 15 is 0 Å². The van der Waals surface area contributed by atoms with Gasteiger partial charge in [0, 0.05) is 24.3 Å². The van der Waals surface area contributed by atoms with E-state index in [-0.39, 0.29) is 91.1 Å². The van der Waals surface area contributed by atoms with Crippen LogP contribution in [0.4, 0.5) is 0 Å². The van der Waals surface area contributed by atoms with E-state index in [9.17, 15) is 58.5 Å². The Kier molecular flexibility index (Phi) is 39.6. The summed E-state index contributed by atoms with van der Waals surface area (Å²) in [4.78, 5) is 92.6. The molecule has 35 nitrogen and oxygen atoms in total. The zero-order chi connectivity index (χ0) is 85.2. The number of rotatable bonds is 17.